The number of anilines is 1. The van der Waals surface area contributed by atoms with Gasteiger partial charge in [0.15, 0.2) is 17.2 Å². The molecule has 1 aliphatic carbocycles. The number of methoxy groups -OCH3 is 1. The van der Waals surface area contributed by atoms with Crippen LogP contribution < -0.4 is 14.8 Å². The van der Waals surface area contributed by atoms with Gasteiger partial charge < -0.3 is 19.2 Å². The molecule has 2 aromatic carbocycles. The topological polar surface area (TPSA) is 82.7 Å². The highest BCUT2D eigenvalue weighted by Crippen LogP contribution is 2.32. The van der Waals surface area contributed by atoms with Crippen LogP contribution in [0.1, 0.15) is 33.9 Å². The van der Waals surface area contributed by atoms with Crippen molar-refractivity contribution in [1.82, 2.24) is 19.2 Å². The van der Waals surface area contributed by atoms with Crippen LogP contribution in [0, 0.1) is 5.82 Å². The van der Waals surface area contributed by atoms with Gasteiger partial charge in [-0.15, -0.1) is 0 Å². The number of fused-ring (bicyclic) bond motifs is 2. The number of nitrogens with one attached hydrogen (secondary N) is 1. The highest BCUT2D eigenvalue weighted by molar-refractivity contribution is 6.04. The molecule has 0 radical (unpaired) electrons. The van der Waals surface area contributed by atoms with Crippen molar-refractivity contribution in [3.8, 4) is 17.2 Å². The van der Waals surface area contributed by atoms with Crippen LogP contribution in [0.25, 0.3) is 11.3 Å². The Morgan fingerprint density at radius 2 is 1.95 bits per heavy atom. The third kappa shape index (κ3) is 4.40. The van der Waals surface area contributed by atoms with Crippen molar-refractivity contribution in [2.45, 2.75) is 25.9 Å². The molecule has 1 aliphatic rings. The van der Waals surface area contributed by atoms with Crippen LogP contribution in [0.4, 0.5) is 10.1 Å². The Morgan fingerprint density at radius 3 is 2.76 bits per heavy atom. The summed E-state index contributed by atoms with van der Waals surface area (Å²) in [6, 6.07) is 17.1. The second-order valence-electron chi connectivity index (χ2n) is 8.82. The molecule has 9 heteroatoms. The van der Waals surface area contributed by atoms with Gasteiger partial charge in [-0.1, -0.05) is 6.07 Å². The van der Waals surface area contributed by atoms with E-state index in [1.54, 1.807) is 42.1 Å². The summed E-state index contributed by atoms with van der Waals surface area (Å²) in [5.74, 6) is 0.405. The molecule has 0 spiro atoms. The summed E-state index contributed by atoms with van der Waals surface area (Å²) in [5.41, 5.74) is 5.18. The number of pyridine rings is 1. The van der Waals surface area contributed by atoms with E-state index in [0.717, 1.165) is 47.5 Å². The molecule has 1 amide bonds. The number of imidazole rings is 1. The van der Waals surface area contributed by atoms with Gasteiger partial charge in [-0.3, -0.25) is 4.79 Å². The average molecular weight is 498 g/mol. The number of benzene rings is 2. The van der Waals surface area contributed by atoms with Gasteiger partial charge in [0, 0.05) is 35.4 Å². The Kier molecular flexibility index (Phi) is 5.80. The van der Waals surface area contributed by atoms with Crippen molar-refractivity contribution in [1.29, 1.82) is 0 Å². The molecule has 37 heavy (non-hydrogen) atoms. The summed E-state index contributed by atoms with van der Waals surface area (Å²) in [7, 11) is 1.57. The maximum absolute atomic E-state index is 13.4. The molecule has 0 saturated heterocycles. The molecular weight excluding hydrogens is 473 g/mol. The molecule has 1 N–H and O–H groups in total. The minimum Gasteiger partial charge on any atom is -0.493 e. The first-order chi connectivity index (χ1) is 18.1. The Balaban J connectivity index is 1.23. The molecule has 0 unspecified atom stereocenters. The van der Waals surface area contributed by atoms with E-state index in [9.17, 15) is 9.18 Å². The fourth-order valence-electron chi connectivity index (χ4n) is 4.68. The van der Waals surface area contributed by atoms with Gasteiger partial charge in [-0.05, 0) is 67.8 Å². The summed E-state index contributed by atoms with van der Waals surface area (Å²) in [4.78, 5) is 17.8. The fourth-order valence-corrected chi connectivity index (χ4v) is 4.68. The summed E-state index contributed by atoms with van der Waals surface area (Å²) < 4.78 is 28.6. The lowest BCUT2D eigenvalue weighted by molar-refractivity contribution is 0.102. The maximum Gasteiger partial charge on any atom is 0.276 e. The Bertz CT molecular complexity index is 1570. The second kappa shape index (κ2) is 9.42. The lowest BCUT2D eigenvalue weighted by Crippen LogP contribution is -2.15. The maximum atomic E-state index is 13.4. The second-order valence-corrected chi connectivity index (χ2v) is 8.82. The van der Waals surface area contributed by atoms with Crippen LogP contribution >= 0.6 is 0 Å². The molecule has 0 saturated carbocycles. The van der Waals surface area contributed by atoms with E-state index in [4.69, 9.17) is 9.47 Å². The number of nitrogens with zero attached hydrogens (tertiary/aromatic N) is 4. The van der Waals surface area contributed by atoms with E-state index in [-0.39, 0.29) is 18.3 Å². The Hall–Kier alpha value is -4.66. The van der Waals surface area contributed by atoms with E-state index < -0.39 is 0 Å². The quantitative estimate of drug-likeness (QED) is 0.343. The summed E-state index contributed by atoms with van der Waals surface area (Å²) in [6.45, 7) is 0.241. The van der Waals surface area contributed by atoms with E-state index in [1.165, 1.54) is 12.1 Å². The fraction of sp³-hybridized carbons (Fsp3) is 0.179. The molecular formula is C28H24FN5O3. The molecule has 3 heterocycles. The van der Waals surface area contributed by atoms with E-state index >= 15 is 0 Å². The smallest absolute Gasteiger partial charge is 0.276 e. The van der Waals surface area contributed by atoms with Crippen LogP contribution in [0.3, 0.4) is 0 Å². The third-order valence-electron chi connectivity index (χ3n) is 6.43. The van der Waals surface area contributed by atoms with Crippen LogP contribution in [0.15, 0.2) is 73.1 Å². The SMILES string of the molecule is COc1ccc(NC(=O)c2nn(-c3ccc(F)cc3)c3c2CCC3)cc1OCc1cn2ccccc2n1. The van der Waals surface area contributed by atoms with Crippen molar-refractivity contribution >= 4 is 17.2 Å². The van der Waals surface area contributed by atoms with E-state index in [2.05, 4.69) is 15.4 Å². The average Bonchev–Trinajstić information content (AvgIpc) is 3.63. The first kappa shape index (κ1) is 22.8. The van der Waals surface area contributed by atoms with Gasteiger partial charge in [-0.2, -0.15) is 5.10 Å². The van der Waals surface area contributed by atoms with Gasteiger partial charge in [0.25, 0.3) is 5.91 Å². The number of rotatable bonds is 7. The Morgan fingerprint density at radius 1 is 1.08 bits per heavy atom. The molecule has 186 valence electrons. The van der Waals surface area contributed by atoms with Gasteiger partial charge in [-0.25, -0.2) is 14.1 Å². The van der Waals surface area contributed by atoms with Crippen LogP contribution in [0.5, 0.6) is 11.5 Å². The van der Waals surface area contributed by atoms with Gasteiger partial charge >= 0.3 is 0 Å². The molecule has 8 nitrogen and oxygen atoms in total. The molecule has 0 bridgehead atoms. The molecule has 0 atom stereocenters. The molecule has 3 aromatic heterocycles. The predicted octanol–water partition coefficient (Wildman–Crippen LogP) is 4.99. The number of hydrogen-bond donors (Lipinski definition) is 1. The van der Waals surface area contributed by atoms with Gasteiger partial charge in [0.1, 0.15) is 18.1 Å². The minimum absolute atomic E-state index is 0.241. The number of aromatic nitrogens is 4. The van der Waals surface area contributed by atoms with Crippen molar-refractivity contribution in [2.24, 2.45) is 0 Å². The van der Waals surface area contributed by atoms with E-state index in [0.29, 0.717) is 22.9 Å². The van der Waals surface area contributed by atoms with Crippen molar-refractivity contribution in [2.75, 3.05) is 12.4 Å². The zero-order valence-corrected chi connectivity index (χ0v) is 20.1. The van der Waals surface area contributed by atoms with Crippen molar-refractivity contribution < 1.29 is 18.7 Å². The largest absolute Gasteiger partial charge is 0.493 e. The standard InChI is InChI=1S/C28H24FN5O3/c1-36-24-13-10-19(15-25(24)37-17-20-16-33-14-3-2-7-26(33)30-20)31-28(35)27-22-5-4-6-23(22)34(32-27)21-11-8-18(29)9-12-21/h2-3,7-16H,4-6,17H2,1H3,(H,31,35). The predicted molar refractivity (Wildman–Crippen MR) is 136 cm³/mol. The minimum atomic E-state index is -0.316. The third-order valence-corrected chi connectivity index (χ3v) is 6.43. The number of carbonyl (C=O) groups is 1. The normalized spacial score (nSPS) is 12.5. The van der Waals surface area contributed by atoms with Gasteiger partial charge in [0.2, 0.25) is 0 Å². The molecule has 5 aromatic rings. The van der Waals surface area contributed by atoms with Crippen molar-refractivity contribution in [3.05, 3.63) is 102 Å². The Labute approximate surface area is 212 Å². The molecule has 0 aliphatic heterocycles. The molecule has 6 rings (SSSR count). The highest BCUT2D eigenvalue weighted by atomic mass is 19.1. The number of ether oxygens (including phenoxy) is 2. The number of halogens is 1. The summed E-state index contributed by atoms with van der Waals surface area (Å²) in [5, 5.41) is 7.54. The number of amides is 1. The molecule has 0 fully saturated rings. The lowest BCUT2D eigenvalue weighted by atomic mass is 10.2. The first-order valence-corrected chi connectivity index (χ1v) is 12.0. The van der Waals surface area contributed by atoms with Gasteiger partial charge in [0.05, 0.1) is 18.5 Å². The summed E-state index contributed by atoms with van der Waals surface area (Å²) in [6.07, 6.45) is 6.37. The number of carbonyl (C=O) groups excluding carboxylic acids is 1. The van der Waals surface area contributed by atoms with E-state index in [1.807, 2.05) is 35.0 Å². The van der Waals surface area contributed by atoms with Crippen LogP contribution in [0.2, 0.25) is 0 Å². The monoisotopic (exact) mass is 497 g/mol. The zero-order chi connectivity index (χ0) is 25.4. The highest BCUT2D eigenvalue weighted by Gasteiger charge is 2.27. The summed E-state index contributed by atoms with van der Waals surface area (Å²) >= 11 is 0. The van der Waals surface area contributed by atoms with Crippen LogP contribution in [-0.2, 0) is 19.4 Å². The zero-order valence-electron chi connectivity index (χ0n) is 20.1. The number of hydrogen-bond acceptors (Lipinski definition) is 5. The first-order valence-electron chi connectivity index (χ1n) is 12.0. The lowest BCUT2D eigenvalue weighted by Gasteiger charge is -2.12. The van der Waals surface area contributed by atoms with Crippen LogP contribution in [-0.4, -0.2) is 32.2 Å². The van der Waals surface area contributed by atoms with Crippen molar-refractivity contribution in [3.63, 3.8) is 0 Å².